The molecule has 1 aromatic carbocycles. The van der Waals surface area contributed by atoms with Gasteiger partial charge in [0.25, 0.3) is 0 Å². The molecule has 0 aliphatic carbocycles. The van der Waals surface area contributed by atoms with Gasteiger partial charge in [0.2, 0.25) is 5.91 Å². The van der Waals surface area contributed by atoms with Crippen LogP contribution in [0.3, 0.4) is 0 Å². The maximum Gasteiger partial charge on any atom is 0.249 e. The number of amides is 1. The molecule has 1 aromatic rings. The minimum Gasteiger partial charge on any atom is -0.390 e. The summed E-state index contributed by atoms with van der Waals surface area (Å²) in [7, 11) is 3.79. The average molecular weight is 349 g/mol. The highest BCUT2D eigenvalue weighted by molar-refractivity contribution is 5.97. The van der Waals surface area contributed by atoms with E-state index in [4.69, 9.17) is 0 Å². The number of carbonyl (C=O) groups is 1. The van der Waals surface area contributed by atoms with Crippen molar-refractivity contribution in [3.8, 4) is 0 Å². The van der Waals surface area contributed by atoms with Crippen molar-refractivity contribution in [2.24, 2.45) is 0 Å². The monoisotopic (exact) mass is 349 g/mol. The fraction of sp³-hybridized carbons (Fsp3) is 0.526. The number of likely N-dealkylation sites (N-methyl/N-ethyl adjacent to an activating group) is 2. The van der Waals surface area contributed by atoms with Gasteiger partial charge in [0.1, 0.15) is 5.82 Å². The SMILES string of the molecule is C/C(=C\c1ccc(F)cc1)C(=O)N(C)CC(O)CN1CCN(C)CC1. The van der Waals surface area contributed by atoms with Gasteiger partial charge < -0.3 is 14.9 Å². The summed E-state index contributed by atoms with van der Waals surface area (Å²) in [5.41, 5.74) is 1.33. The molecule has 6 heteroatoms. The summed E-state index contributed by atoms with van der Waals surface area (Å²) in [5, 5.41) is 10.3. The maximum absolute atomic E-state index is 12.9. The number of hydrogen-bond donors (Lipinski definition) is 1. The Bertz CT molecular complexity index is 595. The molecule has 1 unspecified atom stereocenters. The Kier molecular flexibility index (Phi) is 7.11. The zero-order valence-corrected chi connectivity index (χ0v) is 15.3. The Morgan fingerprint density at radius 3 is 2.48 bits per heavy atom. The standard InChI is InChI=1S/C19H28FN3O2/c1-15(12-16-4-6-17(20)7-5-16)19(25)22(3)13-18(24)14-23-10-8-21(2)9-11-23/h4-7,12,18,24H,8-11,13-14H2,1-3H3/b15-12+. The van der Waals surface area contributed by atoms with Crippen molar-refractivity contribution in [3.05, 3.63) is 41.2 Å². The fourth-order valence-electron chi connectivity index (χ4n) is 2.96. The first-order valence-electron chi connectivity index (χ1n) is 8.63. The molecule has 0 radical (unpaired) electrons. The van der Waals surface area contributed by atoms with Crippen molar-refractivity contribution in [1.82, 2.24) is 14.7 Å². The molecule has 25 heavy (non-hydrogen) atoms. The van der Waals surface area contributed by atoms with E-state index in [1.54, 1.807) is 32.2 Å². The minimum atomic E-state index is -0.573. The van der Waals surface area contributed by atoms with E-state index in [0.717, 1.165) is 31.7 Å². The third-order valence-corrected chi connectivity index (χ3v) is 4.49. The Labute approximate surface area is 149 Å². The van der Waals surface area contributed by atoms with Gasteiger partial charge in [0, 0.05) is 51.9 Å². The number of aliphatic hydroxyl groups is 1. The Morgan fingerprint density at radius 2 is 1.88 bits per heavy atom. The number of piperazine rings is 1. The second-order valence-electron chi connectivity index (χ2n) is 6.82. The zero-order valence-electron chi connectivity index (χ0n) is 15.3. The molecule has 1 saturated heterocycles. The number of β-amino-alcohol motifs (C(OH)–C–C–N with tert-alkyl or cyclic N) is 1. The van der Waals surface area contributed by atoms with Crippen molar-refractivity contribution in [2.75, 3.05) is 53.4 Å². The lowest BCUT2D eigenvalue weighted by atomic mass is 10.1. The normalized spacial score (nSPS) is 18.2. The van der Waals surface area contributed by atoms with Crippen LogP contribution in [0.2, 0.25) is 0 Å². The molecule has 0 aromatic heterocycles. The molecule has 138 valence electrons. The first-order valence-corrected chi connectivity index (χ1v) is 8.63. The number of hydrogen-bond acceptors (Lipinski definition) is 4. The predicted octanol–water partition coefficient (Wildman–Crippen LogP) is 1.30. The lowest BCUT2D eigenvalue weighted by molar-refractivity contribution is -0.127. The summed E-state index contributed by atoms with van der Waals surface area (Å²) in [6, 6.07) is 6.00. The second-order valence-corrected chi connectivity index (χ2v) is 6.82. The second kappa shape index (κ2) is 9.08. The van der Waals surface area contributed by atoms with Gasteiger partial charge >= 0.3 is 0 Å². The van der Waals surface area contributed by atoms with Crippen LogP contribution < -0.4 is 0 Å². The van der Waals surface area contributed by atoms with E-state index < -0.39 is 6.10 Å². The summed E-state index contributed by atoms with van der Waals surface area (Å²) in [4.78, 5) is 18.5. The number of rotatable bonds is 6. The van der Waals surface area contributed by atoms with Crippen molar-refractivity contribution in [2.45, 2.75) is 13.0 Å². The molecule has 1 fully saturated rings. The van der Waals surface area contributed by atoms with E-state index in [1.807, 2.05) is 0 Å². The molecule has 1 heterocycles. The van der Waals surface area contributed by atoms with Gasteiger partial charge in [0.15, 0.2) is 0 Å². The van der Waals surface area contributed by atoms with Crippen LogP contribution in [0.5, 0.6) is 0 Å². The van der Waals surface area contributed by atoms with Gasteiger partial charge in [-0.1, -0.05) is 12.1 Å². The quantitative estimate of drug-likeness (QED) is 0.787. The maximum atomic E-state index is 12.9. The van der Waals surface area contributed by atoms with Gasteiger partial charge in [-0.2, -0.15) is 0 Å². The Hall–Kier alpha value is -1.76. The fourth-order valence-corrected chi connectivity index (χ4v) is 2.96. The molecule has 1 atom stereocenters. The molecular formula is C19H28FN3O2. The van der Waals surface area contributed by atoms with Crippen LogP contribution in [0.25, 0.3) is 6.08 Å². The molecule has 1 amide bonds. The number of aliphatic hydroxyl groups excluding tert-OH is 1. The third kappa shape index (κ3) is 6.23. The average Bonchev–Trinajstić information content (AvgIpc) is 2.58. The van der Waals surface area contributed by atoms with Gasteiger partial charge in [-0.05, 0) is 37.7 Å². The molecule has 0 bridgehead atoms. The summed E-state index contributed by atoms with van der Waals surface area (Å²) in [5.74, 6) is -0.438. The molecular weight excluding hydrogens is 321 g/mol. The predicted molar refractivity (Wildman–Crippen MR) is 97.6 cm³/mol. The van der Waals surface area contributed by atoms with Gasteiger partial charge in [-0.25, -0.2) is 4.39 Å². The minimum absolute atomic E-state index is 0.137. The van der Waals surface area contributed by atoms with E-state index in [-0.39, 0.29) is 11.7 Å². The lowest BCUT2D eigenvalue weighted by Gasteiger charge is -2.34. The van der Waals surface area contributed by atoms with Crippen LogP contribution >= 0.6 is 0 Å². The van der Waals surface area contributed by atoms with Crippen LogP contribution in [0, 0.1) is 5.82 Å². The summed E-state index contributed by atoms with van der Waals surface area (Å²) in [6.07, 6.45) is 1.15. The van der Waals surface area contributed by atoms with Gasteiger partial charge in [-0.3, -0.25) is 9.69 Å². The van der Waals surface area contributed by atoms with Crippen LogP contribution in [-0.2, 0) is 4.79 Å². The van der Waals surface area contributed by atoms with Gasteiger partial charge in [-0.15, -0.1) is 0 Å². The highest BCUT2D eigenvalue weighted by atomic mass is 19.1. The highest BCUT2D eigenvalue weighted by Gasteiger charge is 2.20. The van der Waals surface area contributed by atoms with Crippen LogP contribution in [0.1, 0.15) is 12.5 Å². The topological polar surface area (TPSA) is 47.0 Å². The van der Waals surface area contributed by atoms with E-state index >= 15 is 0 Å². The molecule has 0 spiro atoms. The molecule has 1 aliphatic rings. The summed E-state index contributed by atoms with van der Waals surface area (Å²) < 4.78 is 12.9. The molecule has 1 N–H and O–H groups in total. The Balaban J connectivity index is 1.85. The van der Waals surface area contributed by atoms with Crippen molar-refractivity contribution >= 4 is 12.0 Å². The van der Waals surface area contributed by atoms with E-state index in [2.05, 4.69) is 16.8 Å². The first-order chi connectivity index (χ1) is 11.8. The van der Waals surface area contributed by atoms with Crippen LogP contribution in [0.15, 0.2) is 29.8 Å². The molecule has 2 rings (SSSR count). The molecule has 1 aliphatic heterocycles. The zero-order chi connectivity index (χ0) is 18.4. The third-order valence-electron chi connectivity index (χ3n) is 4.49. The smallest absolute Gasteiger partial charge is 0.249 e. The number of nitrogens with zero attached hydrogens (tertiary/aromatic N) is 3. The van der Waals surface area contributed by atoms with Crippen molar-refractivity contribution < 1.29 is 14.3 Å². The first kappa shape index (κ1) is 19.6. The Morgan fingerprint density at radius 1 is 1.28 bits per heavy atom. The summed E-state index contributed by atoms with van der Waals surface area (Å²) in [6.45, 7) is 6.48. The lowest BCUT2D eigenvalue weighted by Crippen LogP contribution is -2.49. The largest absolute Gasteiger partial charge is 0.390 e. The number of benzene rings is 1. The van der Waals surface area contributed by atoms with Crippen LogP contribution in [-0.4, -0.2) is 85.2 Å². The van der Waals surface area contributed by atoms with E-state index in [9.17, 15) is 14.3 Å². The molecule has 0 saturated carbocycles. The summed E-state index contributed by atoms with van der Waals surface area (Å²) >= 11 is 0. The highest BCUT2D eigenvalue weighted by Crippen LogP contribution is 2.10. The number of halogens is 1. The van der Waals surface area contributed by atoms with Crippen molar-refractivity contribution in [3.63, 3.8) is 0 Å². The van der Waals surface area contributed by atoms with Crippen molar-refractivity contribution in [1.29, 1.82) is 0 Å². The molecule has 5 nitrogen and oxygen atoms in total. The van der Waals surface area contributed by atoms with E-state index in [0.29, 0.717) is 18.7 Å². The van der Waals surface area contributed by atoms with Crippen LogP contribution in [0.4, 0.5) is 4.39 Å². The van der Waals surface area contributed by atoms with Gasteiger partial charge in [0.05, 0.1) is 6.10 Å². The van der Waals surface area contributed by atoms with E-state index in [1.165, 1.54) is 17.0 Å². The number of carbonyl (C=O) groups excluding carboxylic acids is 1.